The van der Waals surface area contributed by atoms with Crippen molar-refractivity contribution >= 4 is 56.4 Å². The fraction of sp³-hybridized carbons (Fsp3) is 0.333. The van der Waals surface area contributed by atoms with Gasteiger partial charge in [-0.3, -0.25) is 24.0 Å². The predicted molar refractivity (Wildman–Crippen MR) is 170 cm³/mol. The Morgan fingerprint density at radius 3 is 2.23 bits per heavy atom. The number of anilines is 1. The number of rotatable bonds is 13. The highest BCUT2D eigenvalue weighted by atomic mass is 35.5. The first-order valence-electron chi connectivity index (χ1n) is 13.6. The molecule has 0 saturated heterocycles. The molecule has 44 heavy (non-hydrogen) atoms. The van der Waals surface area contributed by atoms with Crippen LogP contribution in [0.1, 0.15) is 31.9 Å². The first-order chi connectivity index (χ1) is 20.6. The number of carbonyl (C=O) groups is 2. The van der Waals surface area contributed by atoms with Crippen LogP contribution in [0.2, 0.25) is 10.0 Å². The van der Waals surface area contributed by atoms with E-state index in [1.54, 1.807) is 31.2 Å². The third-order valence-corrected chi connectivity index (χ3v) is 9.01. The summed E-state index contributed by atoms with van der Waals surface area (Å²) >= 11 is 12.3. The zero-order chi connectivity index (χ0) is 32.8. The number of methoxy groups -OCH3 is 1. The van der Waals surface area contributed by atoms with Crippen LogP contribution in [0.5, 0.6) is 5.75 Å². The topological polar surface area (TPSA) is 139 Å². The third-order valence-electron chi connectivity index (χ3n) is 6.77. The fourth-order valence-corrected chi connectivity index (χ4v) is 6.00. The Hall–Kier alpha value is -3.87. The van der Waals surface area contributed by atoms with Crippen LogP contribution in [0.3, 0.4) is 0 Å². The summed E-state index contributed by atoms with van der Waals surface area (Å²) in [6.45, 7) is 6.44. The van der Waals surface area contributed by atoms with Crippen molar-refractivity contribution in [2.45, 2.75) is 45.2 Å². The minimum Gasteiger partial charge on any atom is -0.495 e. The van der Waals surface area contributed by atoms with E-state index in [1.807, 2.05) is 13.8 Å². The molecule has 2 amide bonds. The van der Waals surface area contributed by atoms with Crippen LogP contribution in [-0.2, 0) is 26.2 Å². The van der Waals surface area contributed by atoms with Crippen molar-refractivity contribution < 1.29 is 27.7 Å². The van der Waals surface area contributed by atoms with Crippen molar-refractivity contribution in [2.24, 2.45) is 5.92 Å². The smallest absolute Gasteiger partial charge is 0.273 e. The summed E-state index contributed by atoms with van der Waals surface area (Å²) in [6.07, 6.45) is 0. The van der Waals surface area contributed by atoms with Gasteiger partial charge in [-0.1, -0.05) is 55.2 Å². The molecule has 3 aromatic carbocycles. The first-order valence-corrected chi connectivity index (χ1v) is 15.8. The lowest BCUT2D eigenvalue weighted by Crippen LogP contribution is -2.51. The van der Waals surface area contributed by atoms with E-state index >= 15 is 0 Å². The molecule has 0 saturated carbocycles. The van der Waals surface area contributed by atoms with Gasteiger partial charge in [-0.2, -0.15) is 0 Å². The van der Waals surface area contributed by atoms with E-state index in [1.165, 1.54) is 49.3 Å². The molecule has 0 spiro atoms. The molecule has 1 N–H and O–H groups in total. The van der Waals surface area contributed by atoms with Crippen molar-refractivity contribution in [3.63, 3.8) is 0 Å². The van der Waals surface area contributed by atoms with Gasteiger partial charge in [0, 0.05) is 34.8 Å². The number of carbonyl (C=O) groups excluding carboxylic acids is 2. The maximum absolute atomic E-state index is 14.2. The first kappa shape index (κ1) is 34.6. The minimum atomic E-state index is -4.63. The third kappa shape index (κ3) is 8.40. The number of sulfonamides is 1. The van der Waals surface area contributed by atoms with Crippen LogP contribution in [-0.4, -0.2) is 56.3 Å². The lowest BCUT2D eigenvalue weighted by Gasteiger charge is -2.32. The molecule has 0 aliphatic heterocycles. The van der Waals surface area contributed by atoms with Crippen molar-refractivity contribution in [1.82, 2.24) is 10.2 Å². The van der Waals surface area contributed by atoms with E-state index in [-0.39, 0.29) is 34.5 Å². The van der Waals surface area contributed by atoms with Crippen LogP contribution in [0.25, 0.3) is 0 Å². The lowest BCUT2D eigenvalue weighted by atomic mass is 10.1. The number of hydrogen-bond donors (Lipinski definition) is 1. The summed E-state index contributed by atoms with van der Waals surface area (Å²) in [4.78, 5) is 39.0. The Balaban J connectivity index is 2.14. The minimum absolute atomic E-state index is 0.0388. The normalized spacial score (nSPS) is 12.0. The number of nitro benzene ring substituents is 1. The number of nitro groups is 1. The zero-order valence-electron chi connectivity index (χ0n) is 24.9. The Morgan fingerprint density at radius 1 is 1.00 bits per heavy atom. The van der Waals surface area contributed by atoms with Gasteiger partial charge >= 0.3 is 0 Å². The van der Waals surface area contributed by atoms with E-state index in [0.29, 0.717) is 17.1 Å². The number of nitrogens with one attached hydrogen (secondary N) is 1. The molecule has 0 aromatic heterocycles. The predicted octanol–water partition coefficient (Wildman–Crippen LogP) is 5.60. The van der Waals surface area contributed by atoms with Gasteiger partial charge in [0.05, 0.1) is 22.6 Å². The molecule has 14 heteroatoms. The van der Waals surface area contributed by atoms with Crippen LogP contribution in [0, 0.1) is 23.0 Å². The number of halogens is 2. The Kier molecular flexibility index (Phi) is 11.6. The van der Waals surface area contributed by atoms with Crippen LogP contribution in [0.4, 0.5) is 11.4 Å². The summed E-state index contributed by atoms with van der Waals surface area (Å²) in [5.74, 6) is -0.912. The number of benzene rings is 3. The molecule has 11 nitrogen and oxygen atoms in total. The molecule has 0 fully saturated rings. The number of amides is 2. The molecule has 3 rings (SSSR count). The van der Waals surface area contributed by atoms with Gasteiger partial charge in [0.1, 0.15) is 18.3 Å². The SMILES string of the molecule is COc1ccc(Cl)cc1N(CC(=O)N(Cc1ccc(Cl)cc1)[C@H](C)C(=O)NCC(C)C)S(=O)(=O)c1ccc(C)c([N+](=O)[O-])c1. The number of nitrogens with zero attached hydrogens (tertiary/aromatic N) is 3. The Bertz CT molecular complexity index is 1630. The van der Waals surface area contributed by atoms with Gasteiger partial charge < -0.3 is 15.0 Å². The lowest BCUT2D eigenvalue weighted by molar-refractivity contribution is -0.385. The van der Waals surface area contributed by atoms with E-state index < -0.39 is 49.9 Å². The highest BCUT2D eigenvalue weighted by Crippen LogP contribution is 2.36. The Morgan fingerprint density at radius 2 is 1.64 bits per heavy atom. The summed E-state index contributed by atoms with van der Waals surface area (Å²) in [7, 11) is -3.30. The quantitative estimate of drug-likeness (QED) is 0.185. The van der Waals surface area contributed by atoms with Gasteiger partial charge in [0.25, 0.3) is 15.7 Å². The standard InChI is InChI=1S/C30H34Cl2N4O7S/c1-19(2)16-33-30(38)21(4)34(17-22-7-9-23(31)10-8-22)29(37)18-35(27-14-24(32)11-13-28(27)43-5)44(41,42)25-12-6-20(3)26(15-25)36(39)40/h6-15,19,21H,16-18H2,1-5H3,(H,33,38)/t21-/m1/s1. The summed E-state index contributed by atoms with van der Waals surface area (Å²) in [5.41, 5.74) is 0.428. The van der Waals surface area contributed by atoms with Gasteiger partial charge in [0.2, 0.25) is 11.8 Å². The highest BCUT2D eigenvalue weighted by Gasteiger charge is 2.35. The summed E-state index contributed by atoms with van der Waals surface area (Å²) in [6, 6.07) is 13.4. The molecule has 3 aromatic rings. The average Bonchev–Trinajstić information content (AvgIpc) is 2.97. The van der Waals surface area contributed by atoms with Crippen LogP contribution >= 0.6 is 23.2 Å². The van der Waals surface area contributed by atoms with Crippen LogP contribution < -0.4 is 14.4 Å². The van der Waals surface area contributed by atoms with E-state index in [2.05, 4.69) is 5.32 Å². The van der Waals surface area contributed by atoms with Gasteiger partial charge in [-0.25, -0.2) is 8.42 Å². The largest absolute Gasteiger partial charge is 0.495 e. The van der Waals surface area contributed by atoms with E-state index in [0.717, 1.165) is 10.4 Å². The second kappa shape index (κ2) is 14.7. The number of ether oxygens (including phenoxy) is 1. The second-order valence-corrected chi connectivity index (χ2v) is 13.2. The fourth-order valence-electron chi connectivity index (χ4n) is 4.27. The maximum Gasteiger partial charge on any atom is 0.273 e. The summed E-state index contributed by atoms with van der Waals surface area (Å²) in [5, 5.41) is 15.1. The Labute approximate surface area is 266 Å². The number of hydrogen-bond acceptors (Lipinski definition) is 7. The molecule has 0 aliphatic carbocycles. The van der Waals surface area contributed by atoms with Crippen molar-refractivity contribution in [1.29, 1.82) is 0 Å². The van der Waals surface area contributed by atoms with Crippen molar-refractivity contribution in [2.75, 3.05) is 24.5 Å². The molecular weight excluding hydrogens is 631 g/mol. The molecular formula is C30H34Cl2N4O7S. The second-order valence-electron chi connectivity index (χ2n) is 10.5. The van der Waals surface area contributed by atoms with E-state index in [4.69, 9.17) is 27.9 Å². The molecule has 0 radical (unpaired) electrons. The number of aryl methyl sites for hydroxylation is 1. The van der Waals surface area contributed by atoms with Gasteiger partial charge in [-0.05, 0) is 61.7 Å². The summed E-state index contributed by atoms with van der Waals surface area (Å²) < 4.78 is 34.5. The molecule has 0 bridgehead atoms. The molecule has 0 unspecified atom stereocenters. The van der Waals surface area contributed by atoms with Gasteiger partial charge in [0.15, 0.2) is 0 Å². The molecule has 1 atom stereocenters. The molecule has 236 valence electrons. The van der Waals surface area contributed by atoms with Crippen molar-refractivity contribution in [3.8, 4) is 5.75 Å². The van der Waals surface area contributed by atoms with Crippen LogP contribution in [0.15, 0.2) is 65.6 Å². The zero-order valence-corrected chi connectivity index (χ0v) is 27.2. The molecule has 0 heterocycles. The van der Waals surface area contributed by atoms with Gasteiger partial charge in [-0.15, -0.1) is 0 Å². The molecule has 0 aliphatic rings. The van der Waals surface area contributed by atoms with E-state index in [9.17, 15) is 28.1 Å². The highest BCUT2D eigenvalue weighted by molar-refractivity contribution is 7.92. The van der Waals surface area contributed by atoms with Crippen molar-refractivity contribution in [3.05, 3.63) is 92.0 Å². The monoisotopic (exact) mass is 664 g/mol. The maximum atomic E-state index is 14.2. The average molecular weight is 666 g/mol.